The van der Waals surface area contributed by atoms with Crippen LogP contribution in [0.1, 0.15) is 11.1 Å². The smallest absolute Gasteiger partial charge is 0.398 e. The fourth-order valence-electron chi connectivity index (χ4n) is 0.988. The Morgan fingerprint density at radius 3 is 2.21 bits per heavy atom. The number of anilines is 1. The van der Waals surface area contributed by atoms with Gasteiger partial charge in [-0.1, -0.05) is 0 Å². The molecule has 0 saturated carbocycles. The summed E-state index contributed by atoms with van der Waals surface area (Å²) in [5.41, 5.74) is 3.24. The van der Waals surface area contributed by atoms with E-state index in [4.69, 9.17) is 10.8 Å². The Morgan fingerprint density at radius 1 is 1.29 bits per heavy atom. The summed E-state index contributed by atoms with van der Waals surface area (Å²) in [5, 5.41) is 8.59. The van der Waals surface area contributed by atoms with Crippen LogP contribution in [-0.4, -0.2) is 5.11 Å². The molecule has 6 heteroatoms. The third-order valence-electron chi connectivity index (χ3n) is 1.72. The van der Waals surface area contributed by atoms with Gasteiger partial charge in [-0.05, 0) is 12.1 Å². The zero-order valence-corrected chi connectivity index (χ0v) is 6.90. The highest BCUT2D eigenvalue weighted by molar-refractivity contribution is 5.50. The Bertz CT molecular complexity index is 325. The van der Waals surface area contributed by atoms with Crippen LogP contribution >= 0.6 is 0 Å². The van der Waals surface area contributed by atoms with Crippen molar-refractivity contribution in [2.45, 2.75) is 12.8 Å². The zero-order chi connectivity index (χ0) is 10.9. The van der Waals surface area contributed by atoms with Crippen LogP contribution in [0.4, 0.5) is 23.2 Å². The standard InChI is InChI=1S/C8H7F4NO/c9-6-1-4(8(10,11)12)2-7(13)5(6)3-14/h1-2,14H,3,13H2. The van der Waals surface area contributed by atoms with Crippen molar-refractivity contribution in [1.29, 1.82) is 0 Å². The summed E-state index contributed by atoms with van der Waals surface area (Å²) in [4.78, 5) is 0. The zero-order valence-electron chi connectivity index (χ0n) is 6.90. The molecular formula is C8H7F4NO. The predicted molar refractivity (Wildman–Crippen MR) is 41.7 cm³/mol. The van der Waals surface area contributed by atoms with Gasteiger partial charge in [-0.15, -0.1) is 0 Å². The second-order valence-corrected chi connectivity index (χ2v) is 2.68. The van der Waals surface area contributed by atoms with Crippen molar-refractivity contribution in [2.24, 2.45) is 0 Å². The Balaban J connectivity index is 3.28. The number of aliphatic hydroxyl groups is 1. The van der Waals surface area contributed by atoms with Gasteiger partial charge >= 0.3 is 6.18 Å². The number of rotatable bonds is 1. The van der Waals surface area contributed by atoms with Gasteiger partial charge in [0.1, 0.15) is 5.82 Å². The van der Waals surface area contributed by atoms with Gasteiger partial charge in [0, 0.05) is 11.3 Å². The third-order valence-corrected chi connectivity index (χ3v) is 1.72. The maximum absolute atomic E-state index is 12.9. The quantitative estimate of drug-likeness (QED) is 0.548. The van der Waals surface area contributed by atoms with Crippen LogP contribution in [0.15, 0.2) is 12.1 Å². The van der Waals surface area contributed by atoms with Crippen LogP contribution in [-0.2, 0) is 12.8 Å². The molecule has 0 aromatic heterocycles. The molecular weight excluding hydrogens is 202 g/mol. The van der Waals surface area contributed by atoms with Crippen LogP contribution in [0.3, 0.4) is 0 Å². The molecule has 0 aliphatic carbocycles. The van der Waals surface area contributed by atoms with Gasteiger partial charge in [-0.25, -0.2) is 4.39 Å². The fourth-order valence-corrected chi connectivity index (χ4v) is 0.988. The normalized spacial score (nSPS) is 11.8. The summed E-state index contributed by atoms with van der Waals surface area (Å²) in [6.45, 7) is -0.726. The number of halogens is 4. The molecule has 0 aliphatic rings. The molecule has 1 aromatic carbocycles. The molecule has 0 atom stereocenters. The summed E-state index contributed by atoms with van der Waals surface area (Å²) >= 11 is 0. The van der Waals surface area contributed by atoms with E-state index in [2.05, 4.69) is 0 Å². The maximum Gasteiger partial charge on any atom is 0.416 e. The molecule has 0 spiro atoms. The van der Waals surface area contributed by atoms with Gasteiger partial charge in [-0.2, -0.15) is 13.2 Å². The number of aliphatic hydroxyl groups excluding tert-OH is 1. The minimum Gasteiger partial charge on any atom is -0.398 e. The van der Waals surface area contributed by atoms with Crippen molar-refractivity contribution in [1.82, 2.24) is 0 Å². The maximum atomic E-state index is 12.9. The van der Waals surface area contributed by atoms with E-state index in [-0.39, 0.29) is 5.56 Å². The summed E-state index contributed by atoms with van der Waals surface area (Å²) in [6.07, 6.45) is -4.64. The van der Waals surface area contributed by atoms with Crippen molar-refractivity contribution in [2.75, 3.05) is 5.73 Å². The summed E-state index contributed by atoms with van der Waals surface area (Å²) in [7, 11) is 0. The minimum absolute atomic E-state index is 0.307. The summed E-state index contributed by atoms with van der Waals surface area (Å²) < 4.78 is 49.2. The van der Waals surface area contributed by atoms with E-state index in [0.29, 0.717) is 12.1 Å². The molecule has 0 radical (unpaired) electrons. The number of nitrogens with two attached hydrogens (primary N) is 1. The van der Waals surface area contributed by atoms with Gasteiger partial charge in [0.25, 0.3) is 0 Å². The highest BCUT2D eigenvalue weighted by Crippen LogP contribution is 2.32. The Labute approximate surface area is 77.0 Å². The lowest BCUT2D eigenvalue weighted by molar-refractivity contribution is -0.137. The minimum atomic E-state index is -4.64. The van der Waals surface area contributed by atoms with E-state index >= 15 is 0 Å². The number of hydrogen-bond acceptors (Lipinski definition) is 2. The average Bonchev–Trinajstić information content (AvgIpc) is 2.01. The first-order chi connectivity index (χ1) is 6.36. The average molecular weight is 209 g/mol. The lowest BCUT2D eigenvalue weighted by Crippen LogP contribution is -2.08. The monoisotopic (exact) mass is 209 g/mol. The second kappa shape index (κ2) is 3.45. The highest BCUT2D eigenvalue weighted by Gasteiger charge is 2.32. The molecule has 0 amide bonds. The van der Waals surface area contributed by atoms with Crippen molar-refractivity contribution in [3.05, 3.63) is 29.1 Å². The van der Waals surface area contributed by atoms with E-state index < -0.39 is 29.9 Å². The van der Waals surface area contributed by atoms with Gasteiger partial charge in [0.15, 0.2) is 0 Å². The topological polar surface area (TPSA) is 46.2 Å². The molecule has 1 rings (SSSR count). The van der Waals surface area contributed by atoms with Crippen molar-refractivity contribution < 1.29 is 22.7 Å². The largest absolute Gasteiger partial charge is 0.416 e. The van der Waals surface area contributed by atoms with Gasteiger partial charge in [-0.3, -0.25) is 0 Å². The summed E-state index contributed by atoms with van der Waals surface area (Å²) in [5.74, 6) is -1.15. The van der Waals surface area contributed by atoms with E-state index in [9.17, 15) is 17.6 Å². The molecule has 0 saturated heterocycles. The number of alkyl halides is 3. The van der Waals surface area contributed by atoms with Crippen LogP contribution in [0, 0.1) is 5.82 Å². The number of hydrogen-bond donors (Lipinski definition) is 2. The number of nitrogen functional groups attached to an aromatic ring is 1. The lowest BCUT2D eigenvalue weighted by atomic mass is 10.1. The highest BCUT2D eigenvalue weighted by atomic mass is 19.4. The molecule has 1 aromatic rings. The molecule has 0 heterocycles. The van der Waals surface area contributed by atoms with Crippen LogP contribution in [0.5, 0.6) is 0 Å². The van der Waals surface area contributed by atoms with Crippen LogP contribution in [0.25, 0.3) is 0 Å². The predicted octanol–water partition coefficient (Wildman–Crippen LogP) is 1.92. The molecule has 78 valence electrons. The van der Waals surface area contributed by atoms with Gasteiger partial charge in [0.2, 0.25) is 0 Å². The SMILES string of the molecule is Nc1cc(C(F)(F)F)cc(F)c1CO. The Morgan fingerprint density at radius 2 is 1.86 bits per heavy atom. The lowest BCUT2D eigenvalue weighted by Gasteiger charge is -2.10. The first kappa shape index (κ1) is 10.8. The van der Waals surface area contributed by atoms with Gasteiger partial charge in [0.05, 0.1) is 12.2 Å². The first-order valence-electron chi connectivity index (χ1n) is 3.62. The molecule has 0 fully saturated rings. The van der Waals surface area contributed by atoms with E-state index in [1.165, 1.54) is 0 Å². The summed E-state index contributed by atoms with van der Waals surface area (Å²) in [6, 6.07) is 0.899. The van der Waals surface area contributed by atoms with Crippen molar-refractivity contribution in [3.63, 3.8) is 0 Å². The van der Waals surface area contributed by atoms with E-state index in [0.717, 1.165) is 0 Å². The molecule has 3 N–H and O–H groups in total. The molecule has 0 unspecified atom stereocenters. The van der Waals surface area contributed by atoms with E-state index in [1.807, 2.05) is 0 Å². The Hall–Kier alpha value is -1.30. The second-order valence-electron chi connectivity index (χ2n) is 2.68. The Kier molecular flexibility index (Phi) is 2.66. The first-order valence-corrected chi connectivity index (χ1v) is 3.62. The fraction of sp³-hybridized carbons (Fsp3) is 0.250. The molecule has 2 nitrogen and oxygen atoms in total. The van der Waals surface area contributed by atoms with E-state index in [1.54, 1.807) is 0 Å². The van der Waals surface area contributed by atoms with Crippen LogP contribution < -0.4 is 5.73 Å². The molecule has 14 heavy (non-hydrogen) atoms. The van der Waals surface area contributed by atoms with Crippen molar-refractivity contribution >= 4 is 5.69 Å². The van der Waals surface area contributed by atoms with Gasteiger partial charge < -0.3 is 10.8 Å². The number of benzene rings is 1. The third kappa shape index (κ3) is 1.95. The van der Waals surface area contributed by atoms with Crippen molar-refractivity contribution in [3.8, 4) is 0 Å². The van der Waals surface area contributed by atoms with Crippen LogP contribution in [0.2, 0.25) is 0 Å². The molecule has 0 bridgehead atoms. The molecule has 0 aliphatic heterocycles.